The molecule has 0 spiro atoms. The molecule has 1 nitrogen and oxygen atoms in total. The summed E-state index contributed by atoms with van der Waals surface area (Å²) >= 11 is 0. The third-order valence-electron chi connectivity index (χ3n) is 1.95. The Kier molecular flexibility index (Phi) is 3.52. The molecule has 0 unspecified atom stereocenters. The van der Waals surface area contributed by atoms with Crippen molar-refractivity contribution in [3.05, 3.63) is 35.4 Å². The Morgan fingerprint density at radius 3 is 2.36 bits per heavy atom. The Bertz CT molecular complexity index is 294. The first kappa shape index (κ1) is 11.0. The van der Waals surface area contributed by atoms with Crippen LogP contribution in [0.4, 0.5) is 13.2 Å². The third-order valence-corrected chi connectivity index (χ3v) is 1.95. The maximum Gasteiger partial charge on any atom is 0.416 e. The zero-order valence-corrected chi connectivity index (χ0v) is 7.56. The van der Waals surface area contributed by atoms with Gasteiger partial charge in [-0.2, -0.15) is 13.2 Å². The van der Waals surface area contributed by atoms with Crippen LogP contribution in [0, 0.1) is 0 Å². The summed E-state index contributed by atoms with van der Waals surface area (Å²) in [6, 6.07) is 5.53. The number of alkyl halides is 3. The highest BCUT2D eigenvalue weighted by Gasteiger charge is 2.32. The number of nitrogens with one attached hydrogen (secondary N) is 1. The second-order valence-corrected chi connectivity index (χ2v) is 3.01. The van der Waals surface area contributed by atoms with Gasteiger partial charge in [-0.15, -0.1) is 0 Å². The average molecular weight is 202 g/mol. The average Bonchev–Trinajstić information content (AvgIpc) is 2.14. The molecule has 0 bridgehead atoms. The van der Waals surface area contributed by atoms with E-state index in [-0.39, 0.29) is 12.1 Å². The summed E-state index contributed by atoms with van der Waals surface area (Å²) in [6.45, 7) is 0.159. The van der Waals surface area contributed by atoms with Gasteiger partial charge in [-0.05, 0) is 24.5 Å². The van der Waals surface area contributed by atoms with Crippen LogP contribution in [0.5, 0.6) is 0 Å². The summed E-state index contributed by atoms with van der Waals surface area (Å²) in [7, 11) is 0. The number of aryl methyl sites for hydroxylation is 1. The molecular weight excluding hydrogens is 191 g/mol. The molecule has 0 heterocycles. The quantitative estimate of drug-likeness (QED) is 0.719. The molecule has 1 rings (SSSR count). The summed E-state index contributed by atoms with van der Waals surface area (Å²) in [5.41, 5.74) is 6.61. The van der Waals surface area contributed by atoms with Crippen LogP contribution in [0.3, 0.4) is 0 Å². The van der Waals surface area contributed by atoms with E-state index >= 15 is 0 Å². The minimum absolute atomic E-state index is 0.159. The first-order valence-electron chi connectivity index (χ1n) is 4.35. The fourth-order valence-corrected chi connectivity index (χ4v) is 1.29. The molecule has 1 N–H and O–H groups in total. The van der Waals surface area contributed by atoms with Gasteiger partial charge < -0.3 is 0 Å². The normalized spacial score (nSPS) is 11.7. The predicted molar refractivity (Wildman–Crippen MR) is 47.7 cm³/mol. The summed E-state index contributed by atoms with van der Waals surface area (Å²) < 4.78 is 37.3. The molecular formula is C10H11F3N. The Balaban J connectivity index is 2.92. The maximum atomic E-state index is 12.4. The van der Waals surface area contributed by atoms with Gasteiger partial charge in [0.1, 0.15) is 0 Å². The van der Waals surface area contributed by atoms with Gasteiger partial charge in [0.2, 0.25) is 0 Å². The van der Waals surface area contributed by atoms with Gasteiger partial charge in [-0.25, -0.2) is 0 Å². The number of hydrogen-bond acceptors (Lipinski definition) is 0. The van der Waals surface area contributed by atoms with Crippen LogP contribution in [0.2, 0.25) is 0 Å². The topological polar surface area (TPSA) is 23.8 Å². The molecule has 0 amide bonds. The van der Waals surface area contributed by atoms with Crippen molar-refractivity contribution in [2.45, 2.75) is 19.0 Å². The molecule has 0 aliphatic rings. The van der Waals surface area contributed by atoms with E-state index in [0.717, 1.165) is 6.07 Å². The fourth-order valence-electron chi connectivity index (χ4n) is 1.29. The Hall–Kier alpha value is -1.03. The lowest BCUT2D eigenvalue weighted by molar-refractivity contribution is -0.138. The second kappa shape index (κ2) is 4.46. The molecule has 1 aromatic carbocycles. The molecule has 0 saturated heterocycles. The maximum absolute atomic E-state index is 12.4. The molecule has 4 heteroatoms. The van der Waals surface area contributed by atoms with Crippen molar-refractivity contribution in [2.75, 3.05) is 6.54 Å². The number of rotatable bonds is 3. The minimum atomic E-state index is -4.28. The van der Waals surface area contributed by atoms with Gasteiger partial charge in [-0.1, -0.05) is 18.2 Å². The SMILES string of the molecule is [NH]CCCc1ccccc1C(F)(F)F. The smallest absolute Gasteiger partial charge is 0.258 e. The monoisotopic (exact) mass is 202 g/mol. The van der Waals surface area contributed by atoms with Crippen LogP contribution < -0.4 is 5.73 Å². The highest BCUT2D eigenvalue weighted by Crippen LogP contribution is 2.32. The molecule has 14 heavy (non-hydrogen) atoms. The summed E-state index contributed by atoms with van der Waals surface area (Å²) in [5, 5.41) is 0. The molecule has 1 radical (unpaired) electrons. The highest BCUT2D eigenvalue weighted by molar-refractivity contribution is 5.29. The lowest BCUT2D eigenvalue weighted by Crippen LogP contribution is -2.09. The van der Waals surface area contributed by atoms with E-state index in [1.807, 2.05) is 0 Å². The molecule has 0 aromatic heterocycles. The van der Waals surface area contributed by atoms with Gasteiger partial charge in [0.05, 0.1) is 5.56 Å². The largest absolute Gasteiger partial charge is 0.416 e. The van der Waals surface area contributed by atoms with Crippen LogP contribution in [0.15, 0.2) is 24.3 Å². The van der Waals surface area contributed by atoms with E-state index in [1.54, 1.807) is 6.07 Å². The highest BCUT2D eigenvalue weighted by atomic mass is 19.4. The van der Waals surface area contributed by atoms with E-state index in [9.17, 15) is 13.2 Å². The van der Waals surface area contributed by atoms with Crippen LogP contribution in [-0.4, -0.2) is 6.54 Å². The Morgan fingerprint density at radius 1 is 1.14 bits per heavy atom. The zero-order chi connectivity index (χ0) is 10.6. The van der Waals surface area contributed by atoms with Crippen molar-refractivity contribution in [1.29, 1.82) is 0 Å². The Labute approximate surface area is 80.7 Å². The van der Waals surface area contributed by atoms with Crippen LogP contribution in [0.25, 0.3) is 0 Å². The van der Waals surface area contributed by atoms with E-state index in [1.165, 1.54) is 12.1 Å². The van der Waals surface area contributed by atoms with Crippen molar-refractivity contribution in [1.82, 2.24) is 5.73 Å². The fraction of sp³-hybridized carbons (Fsp3) is 0.400. The summed E-state index contributed by atoms with van der Waals surface area (Å²) in [4.78, 5) is 0. The standard InChI is InChI=1S/C10H11F3N/c11-10(12,13)9-6-2-1-4-8(9)5-3-7-14/h1-2,4,6,14H,3,5,7H2. The molecule has 0 fully saturated rings. The second-order valence-electron chi connectivity index (χ2n) is 3.01. The lowest BCUT2D eigenvalue weighted by Gasteiger charge is -2.11. The van der Waals surface area contributed by atoms with Gasteiger partial charge >= 0.3 is 6.18 Å². The lowest BCUT2D eigenvalue weighted by atomic mass is 10.0. The van der Waals surface area contributed by atoms with Crippen LogP contribution in [0.1, 0.15) is 17.5 Å². The van der Waals surface area contributed by atoms with Gasteiger partial charge in [-0.3, -0.25) is 5.73 Å². The minimum Gasteiger partial charge on any atom is -0.258 e. The molecule has 77 valence electrons. The van der Waals surface area contributed by atoms with Crippen molar-refractivity contribution in [2.24, 2.45) is 0 Å². The number of halogens is 3. The van der Waals surface area contributed by atoms with E-state index in [0.29, 0.717) is 12.8 Å². The van der Waals surface area contributed by atoms with Crippen molar-refractivity contribution < 1.29 is 13.2 Å². The van der Waals surface area contributed by atoms with E-state index < -0.39 is 11.7 Å². The van der Waals surface area contributed by atoms with Crippen molar-refractivity contribution in [3.8, 4) is 0 Å². The Morgan fingerprint density at radius 2 is 1.79 bits per heavy atom. The number of hydrogen-bond donors (Lipinski definition) is 0. The van der Waals surface area contributed by atoms with Gasteiger partial charge in [0.25, 0.3) is 0 Å². The molecule has 0 aliphatic carbocycles. The molecule has 0 saturated carbocycles. The third kappa shape index (κ3) is 2.73. The summed E-state index contributed by atoms with van der Waals surface area (Å²) in [5.74, 6) is 0. The zero-order valence-electron chi connectivity index (χ0n) is 7.56. The predicted octanol–water partition coefficient (Wildman–Crippen LogP) is 2.92. The molecule has 0 aliphatic heterocycles. The first-order valence-corrected chi connectivity index (χ1v) is 4.35. The van der Waals surface area contributed by atoms with Crippen molar-refractivity contribution >= 4 is 0 Å². The van der Waals surface area contributed by atoms with E-state index in [2.05, 4.69) is 0 Å². The first-order chi connectivity index (χ1) is 6.55. The van der Waals surface area contributed by atoms with Crippen LogP contribution in [-0.2, 0) is 12.6 Å². The number of benzene rings is 1. The molecule has 1 aromatic rings. The van der Waals surface area contributed by atoms with Crippen LogP contribution >= 0.6 is 0 Å². The summed E-state index contributed by atoms with van der Waals surface area (Å²) in [6.07, 6.45) is -3.50. The van der Waals surface area contributed by atoms with Crippen molar-refractivity contribution in [3.63, 3.8) is 0 Å². The van der Waals surface area contributed by atoms with E-state index in [4.69, 9.17) is 5.73 Å². The molecule has 0 atom stereocenters. The van der Waals surface area contributed by atoms with Gasteiger partial charge in [0, 0.05) is 6.54 Å². The van der Waals surface area contributed by atoms with Gasteiger partial charge in [0.15, 0.2) is 0 Å².